The maximum Gasteiger partial charge on any atom is 0.371 e. The highest BCUT2D eigenvalue weighted by Crippen LogP contribution is 2.15. The Morgan fingerprint density at radius 1 is 1.15 bits per heavy atom. The second-order valence-corrected chi connectivity index (χ2v) is 11.4. The zero-order valence-electron chi connectivity index (χ0n) is 8.85. The Bertz CT molecular complexity index is 149. The lowest BCUT2D eigenvalue weighted by Crippen LogP contribution is -2.43. The lowest BCUT2D eigenvalue weighted by molar-refractivity contribution is 0.260. The minimum Gasteiger partial charge on any atom is -0.436 e. The van der Waals surface area contributed by atoms with Crippen molar-refractivity contribution in [3.05, 3.63) is 0 Å². The first-order valence-corrected chi connectivity index (χ1v) is 11.4. The van der Waals surface area contributed by atoms with Crippen molar-refractivity contribution in [3.63, 3.8) is 0 Å². The Morgan fingerprint density at radius 2 is 1.85 bits per heavy atom. The molecule has 0 amide bonds. The number of hydrogen-bond donors (Lipinski definition) is 0. The molecule has 1 saturated heterocycles. The molecule has 1 aliphatic rings. The first-order chi connectivity index (χ1) is 5.99. The molecule has 3 nitrogen and oxygen atoms in total. The summed E-state index contributed by atoms with van der Waals surface area (Å²) >= 11 is 0. The molecule has 0 saturated carbocycles. The first kappa shape index (κ1) is 11.6. The largest absolute Gasteiger partial charge is 0.436 e. The minimum atomic E-state index is -1.87. The van der Waals surface area contributed by atoms with E-state index in [1.807, 2.05) is 0 Å². The second kappa shape index (κ2) is 4.85. The van der Waals surface area contributed by atoms with Crippen molar-refractivity contribution < 1.29 is 12.7 Å². The van der Waals surface area contributed by atoms with E-state index in [4.69, 9.17) is 12.7 Å². The third-order valence-electron chi connectivity index (χ3n) is 1.79. The first-order valence-electron chi connectivity index (χ1n) is 4.66. The van der Waals surface area contributed by atoms with Gasteiger partial charge in [-0.05, 0) is 38.7 Å². The fourth-order valence-corrected chi connectivity index (χ4v) is 9.79. The topological polar surface area (TPSA) is 27.7 Å². The smallest absolute Gasteiger partial charge is 0.371 e. The average molecular weight is 234 g/mol. The van der Waals surface area contributed by atoms with E-state index < -0.39 is 26.9 Å². The molecular formula is C7H18O3Si3. The Kier molecular flexibility index (Phi) is 4.33. The van der Waals surface area contributed by atoms with E-state index in [2.05, 4.69) is 26.2 Å². The normalized spacial score (nSPS) is 27.7. The molecular weight excluding hydrogens is 216 g/mol. The van der Waals surface area contributed by atoms with Crippen molar-refractivity contribution in [1.82, 2.24) is 0 Å². The third-order valence-corrected chi connectivity index (χ3v) is 9.93. The van der Waals surface area contributed by atoms with Crippen LogP contribution in [-0.4, -0.2) is 33.5 Å². The van der Waals surface area contributed by atoms with Crippen LogP contribution in [0, 0.1) is 0 Å². The van der Waals surface area contributed by atoms with Crippen LogP contribution in [0.25, 0.3) is 0 Å². The van der Waals surface area contributed by atoms with Crippen molar-refractivity contribution >= 4 is 26.9 Å². The van der Waals surface area contributed by atoms with Crippen molar-refractivity contribution in [1.29, 1.82) is 0 Å². The summed E-state index contributed by atoms with van der Waals surface area (Å²) < 4.78 is 17.4. The Labute approximate surface area is 85.2 Å². The van der Waals surface area contributed by atoms with Gasteiger partial charge in [0.25, 0.3) is 0 Å². The van der Waals surface area contributed by atoms with E-state index in [0.717, 1.165) is 13.0 Å². The van der Waals surface area contributed by atoms with Crippen LogP contribution in [0.2, 0.25) is 32.2 Å². The molecule has 0 unspecified atom stereocenters. The molecule has 6 heteroatoms. The zero-order chi connectivity index (χ0) is 9.90. The van der Waals surface area contributed by atoms with Crippen molar-refractivity contribution in [3.8, 4) is 0 Å². The van der Waals surface area contributed by atoms with E-state index >= 15 is 0 Å². The summed E-state index contributed by atoms with van der Waals surface area (Å²) in [6.45, 7) is 9.35. The SMILES string of the molecule is C[Si]1CCCO[Si](C)O[Si](C)(C)O1. The molecule has 0 bridgehead atoms. The predicted octanol–water partition coefficient (Wildman–Crippen LogP) is 1.88. The van der Waals surface area contributed by atoms with Gasteiger partial charge in [0.15, 0.2) is 9.04 Å². The van der Waals surface area contributed by atoms with Crippen LogP contribution in [0.5, 0.6) is 0 Å². The summed E-state index contributed by atoms with van der Waals surface area (Å²) in [5.41, 5.74) is 0. The Morgan fingerprint density at radius 3 is 2.54 bits per heavy atom. The van der Waals surface area contributed by atoms with Crippen LogP contribution in [0.15, 0.2) is 0 Å². The van der Waals surface area contributed by atoms with Gasteiger partial charge in [0, 0.05) is 6.61 Å². The van der Waals surface area contributed by atoms with Crippen LogP contribution < -0.4 is 0 Å². The molecule has 1 heterocycles. The second-order valence-electron chi connectivity index (χ2n) is 3.75. The number of hydrogen-bond acceptors (Lipinski definition) is 3. The fraction of sp³-hybridized carbons (Fsp3) is 1.00. The molecule has 0 aromatic carbocycles. The molecule has 0 atom stereocenters. The molecule has 1 rings (SSSR count). The van der Waals surface area contributed by atoms with Crippen molar-refractivity contribution in [2.75, 3.05) is 6.61 Å². The monoisotopic (exact) mass is 234 g/mol. The molecule has 1 aliphatic heterocycles. The van der Waals surface area contributed by atoms with E-state index in [-0.39, 0.29) is 0 Å². The van der Waals surface area contributed by atoms with Gasteiger partial charge in [-0.2, -0.15) is 0 Å². The van der Waals surface area contributed by atoms with Gasteiger partial charge in [-0.1, -0.05) is 0 Å². The van der Waals surface area contributed by atoms with Crippen LogP contribution >= 0.6 is 0 Å². The maximum atomic E-state index is 5.99. The molecule has 0 aliphatic carbocycles. The Balaban J connectivity index is 2.54. The molecule has 0 aromatic heterocycles. The van der Waals surface area contributed by atoms with Gasteiger partial charge in [-0.3, -0.25) is 0 Å². The predicted molar refractivity (Wildman–Crippen MR) is 58.3 cm³/mol. The Hall–Kier alpha value is 0.531. The van der Waals surface area contributed by atoms with E-state index in [1.54, 1.807) is 0 Å². The summed E-state index contributed by atoms with van der Waals surface area (Å²) in [5, 5.41) is 0. The summed E-state index contributed by atoms with van der Waals surface area (Å²) in [6, 6.07) is 1.18. The maximum absolute atomic E-state index is 5.99. The molecule has 1 fully saturated rings. The molecule has 0 spiro atoms. The fourth-order valence-electron chi connectivity index (χ4n) is 1.40. The van der Waals surface area contributed by atoms with Gasteiger partial charge in [0.1, 0.15) is 0 Å². The van der Waals surface area contributed by atoms with Crippen molar-refractivity contribution in [2.24, 2.45) is 0 Å². The summed E-state index contributed by atoms with van der Waals surface area (Å²) in [6.07, 6.45) is 1.13. The quantitative estimate of drug-likeness (QED) is 0.599. The highest BCUT2D eigenvalue weighted by molar-refractivity contribution is 6.77. The lowest BCUT2D eigenvalue weighted by atomic mass is 10.5. The van der Waals surface area contributed by atoms with Gasteiger partial charge in [0.2, 0.25) is 0 Å². The van der Waals surface area contributed by atoms with E-state index in [1.165, 1.54) is 6.04 Å². The van der Waals surface area contributed by atoms with Crippen molar-refractivity contribution in [2.45, 2.75) is 38.7 Å². The molecule has 0 N–H and O–H groups in total. The van der Waals surface area contributed by atoms with Gasteiger partial charge >= 0.3 is 17.8 Å². The van der Waals surface area contributed by atoms with Gasteiger partial charge in [-0.15, -0.1) is 0 Å². The van der Waals surface area contributed by atoms with Crippen LogP contribution in [0.4, 0.5) is 0 Å². The molecule has 0 aromatic rings. The highest BCUT2D eigenvalue weighted by Gasteiger charge is 2.32. The van der Waals surface area contributed by atoms with Gasteiger partial charge in [0.05, 0.1) is 0 Å². The summed E-state index contributed by atoms with van der Waals surface area (Å²) in [5.74, 6) is 0. The van der Waals surface area contributed by atoms with E-state index in [9.17, 15) is 0 Å². The van der Waals surface area contributed by atoms with Gasteiger partial charge in [-0.25, -0.2) is 0 Å². The standard InChI is InChI=1S/C7H18O3Si3/c1-11-7-5-6-8-12(2)10-13(3,4)9-11/h5-7H2,1-4H3. The third kappa shape index (κ3) is 4.52. The van der Waals surface area contributed by atoms with Crippen LogP contribution in [0.1, 0.15) is 6.42 Å². The zero-order valence-corrected chi connectivity index (χ0v) is 11.8. The van der Waals surface area contributed by atoms with Gasteiger partial charge < -0.3 is 12.7 Å². The molecule has 2 radical (unpaired) electrons. The highest BCUT2D eigenvalue weighted by atomic mass is 28.5. The average Bonchev–Trinajstić information content (AvgIpc) is 1.99. The summed E-state index contributed by atoms with van der Waals surface area (Å²) in [4.78, 5) is 0. The molecule has 76 valence electrons. The summed E-state index contributed by atoms with van der Waals surface area (Å²) in [7, 11) is -3.55. The molecule has 13 heavy (non-hydrogen) atoms. The van der Waals surface area contributed by atoms with E-state index in [0.29, 0.717) is 0 Å². The lowest BCUT2D eigenvalue weighted by Gasteiger charge is -2.27. The van der Waals surface area contributed by atoms with Crippen LogP contribution in [-0.2, 0) is 12.7 Å². The number of rotatable bonds is 0. The minimum absolute atomic E-state index is 0.632. The van der Waals surface area contributed by atoms with Crippen LogP contribution in [0.3, 0.4) is 0 Å².